The summed E-state index contributed by atoms with van der Waals surface area (Å²) in [5, 5.41) is 10.2. The van der Waals surface area contributed by atoms with Crippen LogP contribution in [0, 0.1) is 23.2 Å². The van der Waals surface area contributed by atoms with Gasteiger partial charge in [-0.2, -0.15) is 5.26 Å². The molecular weight excluding hydrogens is 328 g/mol. The van der Waals surface area contributed by atoms with Crippen LogP contribution in [0.25, 0.3) is 0 Å². The molecular formula is C21H32N2O3. The van der Waals surface area contributed by atoms with Crippen LogP contribution < -0.4 is 4.74 Å². The molecule has 0 aliphatic heterocycles. The normalized spacial score (nSPS) is 15.6. The fourth-order valence-corrected chi connectivity index (χ4v) is 3.34. The third kappa shape index (κ3) is 5.22. The lowest BCUT2D eigenvalue weighted by atomic mass is 9.65. The van der Waals surface area contributed by atoms with Crippen LogP contribution in [0.5, 0.6) is 5.75 Å². The maximum Gasteiger partial charge on any atom is 0.308 e. The number of carbonyl (C=O) groups excluding carboxylic acids is 1. The summed E-state index contributed by atoms with van der Waals surface area (Å²) in [5.41, 5.74) is 0.109. The van der Waals surface area contributed by atoms with E-state index in [0.29, 0.717) is 18.8 Å². The van der Waals surface area contributed by atoms with Crippen molar-refractivity contribution in [1.29, 1.82) is 5.26 Å². The summed E-state index contributed by atoms with van der Waals surface area (Å²) in [6.07, 6.45) is 1.53. The summed E-state index contributed by atoms with van der Waals surface area (Å²) in [6.45, 7) is 6.84. The Labute approximate surface area is 157 Å². The fourth-order valence-electron chi connectivity index (χ4n) is 3.34. The minimum absolute atomic E-state index is 0.194. The lowest BCUT2D eigenvalue weighted by molar-refractivity contribution is -0.149. The second-order valence-corrected chi connectivity index (χ2v) is 7.05. The highest BCUT2D eigenvalue weighted by molar-refractivity contribution is 5.72. The zero-order chi connectivity index (χ0) is 19.7. The van der Waals surface area contributed by atoms with Gasteiger partial charge in [0.1, 0.15) is 5.75 Å². The molecule has 3 atom stereocenters. The molecule has 0 aromatic heterocycles. The van der Waals surface area contributed by atoms with E-state index in [1.54, 1.807) is 14.0 Å². The van der Waals surface area contributed by atoms with Gasteiger partial charge in [0.05, 0.1) is 31.1 Å². The van der Waals surface area contributed by atoms with E-state index >= 15 is 0 Å². The molecule has 1 aromatic carbocycles. The Morgan fingerprint density at radius 3 is 2.58 bits per heavy atom. The molecule has 0 saturated heterocycles. The topological polar surface area (TPSA) is 62.6 Å². The molecule has 0 aliphatic rings. The Morgan fingerprint density at radius 2 is 2.04 bits per heavy atom. The first-order valence-electron chi connectivity index (χ1n) is 9.19. The van der Waals surface area contributed by atoms with Crippen molar-refractivity contribution < 1.29 is 14.3 Å². The number of rotatable bonds is 10. The molecule has 26 heavy (non-hydrogen) atoms. The van der Waals surface area contributed by atoms with Crippen molar-refractivity contribution in [3.05, 3.63) is 29.8 Å². The van der Waals surface area contributed by atoms with Crippen LogP contribution in [0.15, 0.2) is 24.3 Å². The quantitative estimate of drug-likeness (QED) is 0.596. The fraction of sp³-hybridized carbons (Fsp3) is 0.619. The Hall–Kier alpha value is -2.06. The summed E-state index contributed by atoms with van der Waals surface area (Å²) in [7, 11) is 5.65. The first-order chi connectivity index (χ1) is 12.3. The Kier molecular flexibility index (Phi) is 8.60. The highest BCUT2D eigenvalue weighted by Gasteiger charge is 2.43. The SMILES string of the molecule is CCOC(=O)C(C)C(C)C(C#N)(CCCN(C)C)c1cccc(OC)c1. The molecule has 3 unspecified atom stereocenters. The summed E-state index contributed by atoms with van der Waals surface area (Å²) in [4.78, 5) is 14.4. The van der Waals surface area contributed by atoms with Crippen LogP contribution >= 0.6 is 0 Å². The highest BCUT2D eigenvalue weighted by Crippen LogP contribution is 2.41. The number of ether oxygens (including phenoxy) is 2. The Bertz CT molecular complexity index is 624. The predicted octanol–water partition coefficient (Wildman–Crippen LogP) is 3.63. The number of hydrogen-bond donors (Lipinski definition) is 0. The van der Waals surface area contributed by atoms with E-state index in [1.807, 2.05) is 52.2 Å². The lowest BCUT2D eigenvalue weighted by Crippen LogP contribution is -2.39. The molecule has 0 saturated carbocycles. The van der Waals surface area contributed by atoms with Crippen LogP contribution in [0.3, 0.4) is 0 Å². The largest absolute Gasteiger partial charge is 0.497 e. The van der Waals surface area contributed by atoms with Crippen LogP contribution in [0.4, 0.5) is 0 Å². The van der Waals surface area contributed by atoms with Crippen LogP contribution in [-0.4, -0.2) is 45.2 Å². The van der Waals surface area contributed by atoms with Crippen molar-refractivity contribution in [1.82, 2.24) is 4.90 Å². The third-order valence-corrected chi connectivity index (χ3v) is 5.15. The molecule has 0 radical (unpaired) electrons. The Balaban J connectivity index is 3.29. The summed E-state index contributed by atoms with van der Waals surface area (Å²) in [6, 6.07) is 10.2. The van der Waals surface area contributed by atoms with E-state index in [2.05, 4.69) is 11.0 Å². The van der Waals surface area contributed by atoms with Gasteiger partial charge >= 0.3 is 5.97 Å². The molecule has 0 aliphatic carbocycles. The van der Waals surface area contributed by atoms with Crippen LogP contribution in [-0.2, 0) is 14.9 Å². The summed E-state index contributed by atoms with van der Waals surface area (Å²) >= 11 is 0. The van der Waals surface area contributed by atoms with E-state index < -0.39 is 5.41 Å². The average Bonchev–Trinajstić information content (AvgIpc) is 2.64. The lowest BCUT2D eigenvalue weighted by Gasteiger charge is -2.36. The standard InChI is InChI=1S/C21H32N2O3/c1-7-26-20(24)16(2)17(3)21(15-22,12-9-13-23(4)5)18-10-8-11-19(14-18)25-6/h8,10-11,14,16-17H,7,9,12-13H2,1-6H3. The smallest absolute Gasteiger partial charge is 0.308 e. The molecule has 5 nitrogen and oxygen atoms in total. The molecule has 0 fully saturated rings. The first kappa shape index (κ1) is 22.0. The van der Waals surface area contributed by atoms with Crippen LogP contribution in [0.2, 0.25) is 0 Å². The number of benzene rings is 1. The number of methoxy groups -OCH3 is 1. The van der Waals surface area contributed by atoms with Gasteiger partial charge in [-0.1, -0.05) is 26.0 Å². The monoisotopic (exact) mass is 360 g/mol. The van der Waals surface area contributed by atoms with E-state index in [1.165, 1.54) is 0 Å². The van der Waals surface area contributed by atoms with Gasteiger partial charge in [-0.3, -0.25) is 4.79 Å². The maximum absolute atomic E-state index is 12.3. The molecule has 0 bridgehead atoms. The van der Waals surface area contributed by atoms with E-state index in [4.69, 9.17) is 9.47 Å². The number of hydrogen-bond acceptors (Lipinski definition) is 5. The van der Waals surface area contributed by atoms with Crippen molar-refractivity contribution >= 4 is 5.97 Å². The molecule has 1 aromatic rings. The number of nitriles is 1. The molecule has 0 heterocycles. The van der Waals surface area contributed by atoms with Gasteiger partial charge in [0.25, 0.3) is 0 Å². The number of esters is 1. The zero-order valence-corrected chi connectivity index (χ0v) is 16.9. The minimum Gasteiger partial charge on any atom is -0.497 e. The van der Waals surface area contributed by atoms with Gasteiger partial charge < -0.3 is 14.4 Å². The Morgan fingerprint density at radius 1 is 1.35 bits per heavy atom. The number of nitrogens with zero attached hydrogens (tertiary/aromatic N) is 2. The van der Waals surface area contributed by atoms with Crippen molar-refractivity contribution in [3.63, 3.8) is 0 Å². The molecule has 0 N–H and O–H groups in total. The van der Waals surface area contributed by atoms with Crippen molar-refractivity contribution in [3.8, 4) is 11.8 Å². The summed E-state index contributed by atoms with van der Waals surface area (Å²) in [5.74, 6) is -0.109. The van der Waals surface area contributed by atoms with E-state index in [9.17, 15) is 10.1 Å². The van der Waals surface area contributed by atoms with Gasteiger partial charge in [0.15, 0.2) is 0 Å². The van der Waals surface area contributed by atoms with Gasteiger partial charge in [0.2, 0.25) is 0 Å². The molecule has 144 valence electrons. The number of carbonyl (C=O) groups is 1. The highest BCUT2D eigenvalue weighted by atomic mass is 16.5. The molecule has 0 spiro atoms. The first-order valence-corrected chi connectivity index (χ1v) is 9.19. The third-order valence-electron chi connectivity index (χ3n) is 5.15. The predicted molar refractivity (Wildman–Crippen MR) is 103 cm³/mol. The minimum atomic E-state index is -0.781. The maximum atomic E-state index is 12.3. The van der Waals surface area contributed by atoms with Gasteiger partial charge in [-0.05, 0) is 64.0 Å². The second kappa shape index (κ2) is 10.2. The molecule has 5 heteroatoms. The molecule has 1 rings (SSSR count). The van der Waals surface area contributed by atoms with Gasteiger partial charge in [-0.25, -0.2) is 0 Å². The van der Waals surface area contributed by atoms with E-state index in [0.717, 1.165) is 18.5 Å². The molecule has 0 amide bonds. The van der Waals surface area contributed by atoms with Crippen molar-refractivity contribution in [2.75, 3.05) is 34.4 Å². The van der Waals surface area contributed by atoms with E-state index in [-0.39, 0.29) is 17.8 Å². The van der Waals surface area contributed by atoms with Crippen molar-refractivity contribution in [2.45, 2.75) is 39.0 Å². The van der Waals surface area contributed by atoms with Gasteiger partial charge in [-0.15, -0.1) is 0 Å². The average molecular weight is 360 g/mol. The zero-order valence-electron chi connectivity index (χ0n) is 16.9. The second-order valence-electron chi connectivity index (χ2n) is 7.05. The van der Waals surface area contributed by atoms with Crippen molar-refractivity contribution in [2.24, 2.45) is 11.8 Å². The van der Waals surface area contributed by atoms with Crippen LogP contribution in [0.1, 0.15) is 39.2 Å². The van der Waals surface area contributed by atoms with Gasteiger partial charge in [0, 0.05) is 0 Å². The summed E-state index contributed by atoms with van der Waals surface area (Å²) < 4.78 is 10.6.